The minimum Gasteiger partial charge on any atom is -0.497 e. The number of carbonyl (C=O) groups excluding carboxylic acids is 3. The van der Waals surface area contributed by atoms with E-state index in [0.717, 1.165) is 0 Å². The summed E-state index contributed by atoms with van der Waals surface area (Å²) in [7, 11) is 2.95. The van der Waals surface area contributed by atoms with E-state index >= 15 is 0 Å². The van der Waals surface area contributed by atoms with Gasteiger partial charge in [-0.1, -0.05) is 0 Å². The van der Waals surface area contributed by atoms with Gasteiger partial charge in [0.15, 0.2) is 6.61 Å². The number of hydrogen-bond acceptors (Lipinski definition) is 6. The number of benzene rings is 2. The number of esters is 1. The van der Waals surface area contributed by atoms with Crippen LogP contribution in [0.4, 0.5) is 15.8 Å². The van der Waals surface area contributed by atoms with Crippen LogP contribution < -0.4 is 19.7 Å². The van der Waals surface area contributed by atoms with E-state index in [4.69, 9.17) is 14.2 Å². The van der Waals surface area contributed by atoms with Crippen molar-refractivity contribution >= 4 is 29.2 Å². The van der Waals surface area contributed by atoms with Crippen molar-refractivity contribution in [3.63, 3.8) is 0 Å². The predicted molar refractivity (Wildman–Crippen MR) is 106 cm³/mol. The lowest BCUT2D eigenvalue weighted by atomic mass is 10.1. The molecule has 1 aliphatic rings. The van der Waals surface area contributed by atoms with Crippen molar-refractivity contribution in [1.82, 2.24) is 0 Å². The van der Waals surface area contributed by atoms with Crippen molar-refractivity contribution < 1.29 is 33.0 Å². The number of nitrogens with zero attached hydrogens (tertiary/aromatic N) is 1. The topological polar surface area (TPSA) is 94.2 Å². The third-order valence-electron chi connectivity index (χ3n) is 4.62. The SMILES string of the molecule is COc1ccc(OC)c(NC(=O)COC(=O)[C@@H]2CC(=O)N(c3ccc(F)cc3)C2)c1. The summed E-state index contributed by atoms with van der Waals surface area (Å²) in [5.41, 5.74) is 0.871. The largest absolute Gasteiger partial charge is 0.497 e. The summed E-state index contributed by atoms with van der Waals surface area (Å²) in [5, 5.41) is 2.60. The lowest BCUT2D eigenvalue weighted by Crippen LogP contribution is -2.28. The Morgan fingerprint density at radius 1 is 1.13 bits per heavy atom. The molecule has 158 valence electrons. The number of ether oxygens (including phenoxy) is 3. The zero-order valence-corrected chi connectivity index (χ0v) is 16.5. The maximum atomic E-state index is 13.1. The number of carbonyl (C=O) groups is 3. The molecule has 30 heavy (non-hydrogen) atoms. The summed E-state index contributed by atoms with van der Waals surface area (Å²) in [4.78, 5) is 38.1. The van der Waals surface area contributed by atoms with E-state index in [9.17, 15) is 18.8 Å². The summed E-state index contributed by atoms with van der Waals surface area (Å²) in [6.07, 6.45) is -0.0401. The highest BCUT2D eigenvalue weighted by atomic mass is 19.1. The molecule has 2 amide bonds. The summed E-state index contributed by atoms with van der Waals surface area (Å²) < 4.78 is 28.4. The highest BCUT2D eigenvalue weighted by Gasteiger charge is 2.36. The molecule has 8 nitrogen and oxygen atoms in total. The lowest BCUT2D eigenvalue weighted by molar-refractivity contribution is -0.151. The Bertz CT molecular complexity index is 947. The van der Waals surface area contributed by atoms with Gasteiger partial charge in [-0.15, -0.1) is 0 Å². The molecule has 0 radical (unpaired) electrons. The Morgan fingerprint density at radius 3 is 2.53 bits per heavy atom. The van der Waals surface area contributed by atoms with Gasteiger partial charge in [-0.25, -0.2) is 4.39 Å². The fourth-order valence-corrected chi connectivity index (χ4v) is 3.09. The number of anilines is 2. The van der Waals surface area contributed by atoms with E-state index in [1.54, 1.807) is 18.2 Å². The van der Waals surface area contributed by atoms with Gasteiger partial charge in [-0.3, -0.25) is 14.4 Å². The molecule has 9 heteroatoms. The van der Waals surface area contributed by atoms with Crippen LogP contribution in [0.5, 0.6) is 11.5 Å². The first kappa shape index (κ1) is 21.1. The molecule has 0 spiro atoms. The molecule has 1 N–H and O–H groups in total. The van der Waals surface area contributed by atoms with Crippen molar-refractivity contribution in [2.45, 2.75) is 6.42 Å². The Labute approximate surface area is 172 Å². The Morgan fingerprint density at radius 2 is 1.87 bits per heavy atom. The summed E-state index contributed by atoms with van der Waals surface area (Å²) in [6.45, 7) is -0.408. The number of methoxy groups -OCH3 is 2. The molecule has 1 heterocycles. The van der Waals surface area contributed by atoms with Gasteiger partial charge in [0.25, 0.3) is 5.91 Å². The summed E-state index contributed by atoms with van der Waals surface area (Å²) in [6, 6.07) is 10.3. The minimum atomic E-state index is -0.707. The van der Waals surface area contributed by atoms with Crippen LogP contribution in [0, 0.1) is 11.7 Å². The highest BCUT2D eigenvalue weighted by Crippen LogP contribution is 2.29. The van der Waals surface area contributed by atoms with Crippen LogP contribution in [0.15, 0.2) is 42.5 Å². The van der Waals surface area contributed by atoms with Gasteiger partial charge in [0.2, 0.25) is 5.91 Å². The van der Waals surface area contributed by atoms with Crippen LogP contribution in [0.25, 0.3) is 0 Å². The summed E-state index contributed by atoms with van der Waals surface area (Å²) in [5.74, 6) is -1.66. The molecule has 3 rings (SSSR count). The maximum Gasteiger partial charge on any atom is 0.311 e. The molecule has 1 atom stereocenters. The molecule has 0 aliphatic carbocycles. The van der Waals surface area contributed by atoms with E-state index in [2.05, 4.69) is 5.32 Å². The average Bonchev–Trinajstić information content (AvgIpc) is 3.14. The van der Waals surface area contributed by atoms with E-state index in [0.29, 0.717) is 22.9 Å². The second-order valence-electron chi connectivity index (χ2n) is 6.60. The Hall–Kier alpha value is -3.62. The first-order valence-corrected chi connectivity index (χ1v) is 9.15. The number of amides is 2. The first-order valence-electron chi connectivity index (χ1n) is 9.15. The number of nitrogens with one attached hydrogen (secondary N) is 1. The predicted octanol–water partition coefficient (Wildman–Crippen LogP) is 2.38. The molecule has 1 saturated heterocycles. The smallest absolute Gasteiger partial charge is 0.311 e. The molecule has 0 bridgehead atoms. The van der Waals surface area contributed by atoms with E-state index < -0.39 is 30.2 Å². The van der Waals surface area contributed by atoms with Crippen LogP contribution in [-0.2, 0) is 19.1 Å². The molecule has 2 aromatic rings. The second-order valence-corrected chi connectivity index (χ2v) is 6.60. The van der Waals surface area contributed by atoms with E-state index in [1.165, 1.54) is 43.4 Å². The van der Waals surface area contributed by atoms with E-state index in [-0.39, 0.29) is 18.9 Å². The van der Waals surface area contributed by atoms with Crippen molar-refractivity contribution in [3.8, 4) is 11.5 Å². The molecule has 1 fully saturated rings. The van der Waals surface area contributed by atoms with Crippen LogP contribution in [-0.4, -0.2) is 45.2 Å². The maximum absolute atomic E-state index is 13.1. The quantitative estimate of drug-likeness (QED) is 0.697. The molecular formula is C21H21FN2O6. The van der Waals surface area contributed by atoms with Crippen LogP contribution >= 0.6 is 0 Å². The Balaban J connectivity index is 1.55. The van der Waals surface area contributed by atoms with Gasteiger partial charge in [0.05, 0.1) is 25.8 Å². The van der Waals surface area contributed by atoms with Crippen molar-refractivity contribution in [2.24, 2.45) is 5.92 Å². The zero-order chi connectivity index (χ0) is 21.7. The Kier molecular flexibility index (Phi) is 6.51. The number of halogens is 1. The molecular weight excluding hydrogens is 395 g/mol. The van der Waals surface area contributed by atoms with Gasteiger partial charge in [-0.05, 0) is 36.4 Å². The van der Waals surface area contributed by atoms with Crippen LogP contribution in [0.1, 0.15) is 6.42 Å². The van der Waals surface area contributed by atoms with Gasteiger partial charge >= 0.3 is 5.97 Å². The van der Waals surface area contributed by atoms with Gasteiger partial charge < -0.3 is 24.4 Å². The molecule has 1 aliphatic heterocycles. The third-order valence-corrected chi connectivity index (χ3v) is 4.62. The lowest BCUT2D eigenvalue weighted by Gasteiger charge is -2.16. The monoisotopic (exact) mass is 416 g/mol. The molecule has 2 aromatic carbocycles. The van der Waals surface area contributed by atoms with E-state index in [1.807, 2.05) is 0 Å². The molecule has 0 saturated carbocycles. The van der Waals surface area contributed by atoms with Crippen LogP contribution in [0.2, 0.25) is 0 Å². The van der Waals surface area contributed by atoms with Crippen molar-refractivity contribution in [1.29, 1.82) is 0 Å². The normalized spacial score (nSPS) is 15.6. The van der Waals surface area contributed by atoms with Gasteiger partial charge in [0.1, 0.15) is 17.3 Å². The van der Waals surface area contributed by atoms with Gasteiger partial charge in [-0.2, -0.15) is 0 Å². The van der Waals surface area contributed by atoms with Gasteiger partial charge in [0, 0.05) is 24.7 Å². The van der Waals surface area contributed by atoms with Crippen molar-refractivity contribution in [3.05, 3.63) is 48.3 Å². The summed E-state index contributed by atoms with van der Waals surface area (Å²) >= 11 is 0. The first-order chi connectivity index (χ1) is 14.4. The number of hydrogen-bond donors (Lipinski definition) is 1. The fraction of sp³-hybridized carbons (Fsp3) is 0.286. The van der Waals surface area contributed by atoms with Crippen LogP contribution in [0.3, 0.4) is 0 Å². The zero-order valence-electron chi connectivity index (χ0n) is 16.5. The van der Waals surface area contributed by atoms with Crippen molar-refractivity contribution in [2.75, 3.05) is 37.6 Å². The minimum absolute atomic E-state index is 0.0401. The second kappa shape index (κ2) is 9.25. The fourth-order valence-electron chi connectivity index (χ4n) is 3.09. The molecule has 0 aromatic heterocycles. The molecule has 0 unspecified atom stereocenters. The highest BCUT2D eigenvalue weighted by molar-refractivity contribution is 6.00. The third kappa shape index (κ3) is 4.86. The number of rotatable bonds is 7. The standard InChI is InChI=1S/C21H21FN2O6/c1-28-16-7-8-18(29-2)17(10-16)23-19(25)12-30-21(27)13-9-20(26)24(11-13)15-5-3-14(22)4-6-15/h3-8,10,13H,9,11-12H2,1-2H3,(H,23,25)/t13-/m1/s1. The average molecular weight is 416 g/mol.